The van der Waals surface area contributed by atoms with E-state index in [0.29, 0.717) is 51.6 Å². The number of hydrogen-bond donors (Lipinski definition) is 2. The molecule has 0 bridgehead atoms. The van der Waals surface area contributed by atoms with Crippen molar-refractivity contribution in [3.8, 4) is 33.9 Å². The Morgan fingerprint density at radius 3 is 2.15 bits per heavy atom. The zero-order valence-corrected chi connectivity index (χ0v) is 26.1. The number of aryl methyl sites for hydroxylation is 1. The molecule has 3 N–H and O–H groups in total. The summed E-state index contributed by atoms with van der Waals surface area (Å²) in [6.45, 7) is 3.38. The maximum absolute atomic E-state index is 12.8. The van der Waals surface area contributed by atoms with Gasteiger partial charge in [0, 0.05) is 66.0 Å². The fourth-order valence-electron chi connectivity index (χ4n) is 5.71. The van der Waals surface area contributed by atoms with Crippen LogP contribution >= 0.6 is 0 Å². The van der Waals surface area contributed by atoms with E-state index in [1.807, 2.05) is 36.4 Å². The van der Waals surface area contributed by atoms with E-state index in [1.165, 1.54) is 0 Å². The number of nitrogens with one attached hydrogen (secondary N) is 1. The van der Waals surface area contributed by atoms with E-state index in [0.717, 1.165) is 50.4 Å². The number of carbonyl (C=O) groups excluding carboxylic acids is 1. The molecule has 2 heterocycles. The highest BCUT2D eigenvalue weighted by molar-refractivity contribution is 5.96. The number of amides is 1. The minimum absolute atomic E-state index is 0.134. The molecule has 0 saturated heterocycles. The summed E-state index contributed by atoms with van der Waals surface area (Å²) >= 11 is 0. The average Bonchev–Trinajstić information content (AvgIpc) is 3.64. The molecular weight excluding hydrogens is 574 g/mol. The van der Waals surface area contributed by atoms with Gasteiger partial charge in [0.05, 0.1) is 37.8 Å². The Morgan fingerprint density at radius 1 is 0.783 bits per heavy atom. The van der Waals surface area contributed by atoms with Crippen molar-refractivity contribution in [2.45, 2.75) is 6.54 Å². The fourth-order valence-corrected chi connectivity index (χ4v) is 5.71. The van der Waals surface area contributed by atoms with Gasteiger partial charge < -0.3 is 29.7 Å². The van der Waals surface area contributed by atoms with Gasteiger partial charge in [0.1, 0.15) is 5.82 Å². The van der Waals surface area contributed by atoms with Gasteiger partial charge in [-0.3, -0.25) is 4.79 Å². The first-order valence-corrected chi connectivity index (χ1v) is 15.6. The largest absolute Gasteiger partial charge is 0.378 e. The lowest BCUT2D eigenvalue weighted by Gasteiger charge is -2.14. The zero-order valence-electron chi connectivity index (χ0n) is 26.1. The summed E-state index contributed by atoms with van der Waals surface area (Å²) in [5.41, 5.74) is 13.4. The van der Waals surface area contributed by atoms with Gasteiger partial charge in [0.2, 0.25) is 0 Å². The van der Waals surface area contributed by atoms with E-state index < -0.39 is 0 Å². The molecule has 0 atom stereocenters. The second kappa shape index (κ2) is 14.8. The van der Waals surface area contributed by atoms with E-state index in [1.54, 1.807) is 0 Å². The van der Waals surface area contributed by atoms with Crippen molar-refractivity contribution in [1.82, 2.24) is 19.4 Å². The summed E-state index contributed by atoms with van der Waals surface area (Å²) in [6, 6.07) is 37.0. The second-order valence-electron chi connectivity index (χ2n) is 11.1. The standard InChI is InChI=1S/C38H39N5O3/c1-42-27-33(32-14-8-9-15-34(32)42)37-41-35(29-10-4-2-5-11-29)36(30-12-6-3-7-13-30)43(37)26-28-16-18-31(19-17-28)38(44)40-21-23-46-25-24-45-22-20-39/h2-19,27H,20-26,39H2,1H3,(H,40,44). The minimum atomic E-state index is -0.134. The monoisotopic (exact) mass is 613 g/mol. The van der Waals surface area contributed by atoms with Crippen molar-refractivity contribution >= 4 is 16.8 Å². The highest BCUT2D eigenvalue weighted by atomic mass is 16.5. The molecule has 0 fully saturated rings. The molecule has 8 heteroatoms. The van der Waals surface area contributed by atoms with Crippen LogP contribution in [-0.2, 0) is 23.1 Å². The number of imidazole rings is 1. The Hall–Kier alpha value is -5.02. The van der Waals surface area contributed by atoms with Crippen LogP contribution < -0.4 is 11.1 Å². The summed E-state index contributed by atoms with van der Waals surface area (Å²) in [7, 11) is 2.07. The lowest BCUT2D eigenvalue weighted by molar-refractivity contribution is 0.0511. The van der Waals surface area contributed by atoms with Crippen LogP contribution in [0.15, 0.2) is 115 Å². The highest BCUT2D eigenvalue weighted by Crippen LogP contribution is 2.39. The molecular formula is C38H39N5O3. The van der Waals surface area contributed by atoms with E-state index in [-0.39, 0.29) is 5.91 Å². The van der Waals surface area contributed by atoms with Gasteiger partial charge in [-0.15, -0.1) is 0 Å². The number of carbonyl (C=O) groups is 1. The first kappa shape index (κ1) is 31.0. The number of para-hydroxylation sites is 1. The van der Waals surface area contributed by atoms with Gasteiger partial charge in [0.15, 0.2) is 0 Å². The van der Waals surface area contributed by atoms with Gasteiger partial charge in [-0.25, -0.2) is 4.98 Å². The van der Waals surface area contributed by atoms with Crippen LogP contribution in [0.2, 0.25) is 0 Å². The number of rotatable bonds is 14. The van der Waals surface area contributed by atoms with Crippen LogP contribution in [0.4, 0.5) is 0 Å². The Labute approximate surface area is 269 Å². The van der Waals surface area contributed by atoms with E-state index in [4.69, 9.17) is 20.2 Å². The van der Waals surface area contributed by atoms with Crippen LogP contribution in [-0.4, -0.2) is 59.5 Å². The van der Waals surface area contributed by atoms with Crippen LogP contribution in [0.5, 0.6) is 0 Å². The molecule has 6 rings (SSSR count). The Kier molecular flexibility index (Phi) is 10.00. The molecule has 0 saturated carbocycles. The lowest BCUT2D eigenvalue weighted by Crippen LogP contribution is -2.27. The highest BCUT2D eigenvalue weighted by Gasteiger charge is 2.23. The van der Waals surface area contributed by atoms with Crippen LogP contribution in [0, 0.1) is 0 Å². The third-order valence-corrected chi connectivity index (χ3v) is 7.92. The van der Waals surface area contributed by atoms with Gasteiger partial charge in [-0.2, -0.15) is 0 Å². The van der Waals surface area contributed by atoms with E-state index >= 15 is 0 Å². The van der Waals surface area contributed by atoms with Crippen molar-refractivity contribution in [3.63, 3.8) is 0 Å². The van der Waals surface area contributed by atoms with Crippen molar-refractivity contribution in [1.29, 1.82) is 0 Å². The molecule has 0 radical (unpaired) electrons. The molecule has 46 heavy (non-hydrogen) atoms. The fraction of sp³-hybridized carbons (Fsp3) is 0.211. The SMILES string of the molecule is Cn1cc(-c2nc(-c3ccccc3)c(-c3ccccc3)n2Cc2ccc(C(=O)NCCOCCOCCN)cc2)c2ccccc21. The van der Waals surface area contributed by atoms with Gasteiger partial charge >= 0.3 is 0 Å². The first-order chi connectivity index (χ1) is 22.6. The van der Waals surface area contributed by atoms with Crippen LogP contribution in [0.1, 0.15) is 15.9 Å². The molecule has 0 unspecified atom stereocenters. The number of nitrogens with two attached hydrogens (primary N) is 1. The first-order valence-electron chi connectivity index (χ1n) is 15.6. The number of ether oxygens (including phenoxy) is 2. The second-order valence-corrected chi connectivity index (χ2v) is 11.1. The molecule has 0 aliphatic rings. The number of aromatic nitrogens is 3. The molecule has 1 amide bonds. The van der Waals surface area contributed by atoms with Crippen LogP contribution in [0.3, 0.4) is 0 Å². The predicted octanol–water partition coefficient (Wildman–Crippen LogP) is 6.15. The summed E-state index contributed by atoms with van der Waals surface area (Å²) < 4.78 is 15.3. The number of hydrogen-bond acceptors (Lipinski definition) is 5. The average molecular weight is 614 g/mol. The lowest BCUT2D eigenvalue weighted by atomic mass is 10.0. The number of nitrogens with zero attached hydrogens (tertiary/aromatic N) is 3. The van der Waals surface area contributed by atoms with Gasteiger partial charge in [0.25, 0.3) is 5.91 Å². The molecule has 8 nitrogen and oxygen atoms in total. The third kappa shape index (κ3) is 6.94. The quantitative estimate of drug-likeness (QED) is 0.144. The normalized spacial score (nSPS) is 11.3. The maximum atomic E-state index is 12.8. The summed E-state index contributed by atoms with van der Waals surface area (Å²) in [4.78, 5) is 18.2. The number of benzene rings is 4. The van der Waals surface area contributed by atoms with Crippen LogP contribution in [0.25, 0.3) is 44.8 Å². The van der Waals surface area contributed by atoms with E-state index in [9.17, 15) is 4.79 Å². The molecule has 234 valence electrons. The predicted molar refractivity (Wildman–Crippen MR) is 184 cm³/mol. The van der Waals surface area contributed by atoms with E-state index in [2.05, 4.69) is 100 Å². The molecule has 6 aromatic rings. The van der Waals surface area contributed by atoms with Crippen molar-refractivity contribution in [2.24, 2.45) is 12.8 Å². The maximum Gasteiger partial charge on any atom is 0.251 e. The minimum Gasteiger partial charge on any atom is -0.378 e. The van der Waals surface area contributed by atoms with Gasteiger partial charge in [-0.05, 0) is 23.8 Å². The summed E-state index contributed by atoms with van der Waals surface area (Å²) in [6.07, 6.45) is 2.16. The third-order valence-electron chi connectivity index (χ3n) is 7.92. The number of fused-ring (bicyclic) bond motifs is 1. The van der Waals surface area contributed by atoms with Crippen molar-refractivity contribution < 1.29 is 14.3 Å². The van der Waals surface area contributed by atoms with Crippen molar-refractivity contribution in [2.75, 3.05) is 39.5 Å². The zero-order chi connectivity index (χ0) is 31.7. The molecule has 2 aromatic heterocycles. The van der Waals surface area contributed by atoms with Crippen molar-refractivity contribution in [3.05, 3.63) is 127 Å². The Morgan fingerprint density at radius 2 is 1.43 bits per heavy atom. The molecule has 4 aromatic carbocycles. The molecule has 0 aliphatic carbocycles. The summed E-state index contributed by atoms with van der Waals surface area (Å²) in [5.74, 6) is 0.759. The summed E-state index contributed by atoms with van der Waals surface area (Å²) in [5, 5.41) is 4.08. The Balaban J connectivity index is 1.31. The molecule has 0 spiro atoms. The Bertz CT molecular complexity index is 1880. The van der Waals surface area contributed by atoms with Gasteiger partial charge in [-0.1, -0.05) is 91.0 Å². The topological polar surface area (TPSA) is 96.3 Å². The smallest absolute Gasteiger partial charge is 0.251 e. The molecule has 0 aliphatic heterocycles.